The highest BCUT2D eigenvalue weighted by Crippen LogP contribution is 2.18. The van der Waals surface area contributed by atoms with Gasteiger partial charge in [0.25, 0.3) is 0 Å². The fourth-order valence-electron chi connectivity index (χ4n) is 1.26. The van der Waals surface area contributed by atoms with E-state index in [4.69, 9.17) is 0 Å². The van der Waals surface area contributed by atoms with E-state index in [2.05, 4.69) is 50.4 Å². The van der Waals surface area contributed by atoms with Crippen LogP contribution in [0.2, 0.25) is 0 Å². The third kappa shape index (κ3) is 2.92. The molecular weight excluding hydrogens is 319 g/mol. The zero-order valence-corrected chi connectivity index (χ0v) is 11.3. The lowest BCUT2D eigenvalue weighted by atomic mass is 10.3. The largest absolute Gasteiger partial charge is 0.378 e. The van der Waals surface area contributed by atoms with E-state index in [0.29, 0.717) is 0 Å². The van der Waals surface area contributed by atoms with Gasteiger partial charge < -0.3 is 5.32 Å². The lowest BCUT2D eigenvalue weighted by Gasteiger charge is -2.05. The quantitative estimate of drug-likeness (QED) is 0.869. The summed E-state index contributed by atoms with van der Waals surface area (Å²) in [6.45, 7) is 2.82. The maximum atomic E-state index is 4.41. The molecule has 2 rings (SSSR count). The topological polar surface area (TPSA) is 24.9 Å². The average molecular weight is 330 g/mol. The number of nitrogens with one attached hydrogen (secondary N) is 1. The highest BCUT2D eigenvalue weighted by atomic mass is 127. The molecule has 0 atom stereocenters. The number of anilines is 1. The van der Waals surface area contributed by atoms with Gasteiger partial charge in [0.15, 0.2) is 0 Å². The molecule has 0 aliphatic carbocycles. The van der Waals surface area contributed by atoms with Gasteiger partial charge in [-0.3, -0.25) is 0 Å². The molecule has 0 bridgehead atoms. The second kappa shape index (κ2) is 4.94. The summed E-state index contributed by atoms with van der Waals surface area (Å²) in [4.78, 5) is 4.41. The van der Waals surface area contributed by atoms with Gasteiger partial charge >= 0.3 is 0 Å². The first-order valence-corrected chi connectivity index (χ1v) is 6.61. The molecule has 0 aliphatic heterocycles. The summed E-state index contributed by atoms with van der Waals surface area (Å²) >= 11 is 4.03. The number of para-hydroxylation sites is 1. The van der Waals surface area contributed by atoms with Crippen molar-refractivity contribution in [2.75, 3.05) is 5.32 Å². The van der Waals surface area contributed by atoms with Gasteiger partial charge in [-0.25, -0.2) is 4.98 Å². The maximum Gasteiger partial charge on any atom is 0.112 e. The second-order valence-corrected chi connectivity index (χ2v) is 5.32. The van der Waals surface area contributed by atoms with E-state index in [0.717, 1.165) is 17.2 Å². The van der Waals surface area contributed by atoms with Crippen molar-refractivity contribution in [1.82, 2.24) is 4.98 Å². The monoisotopic (exact) mass is 330 g/mol. The minimum Gasteiger partial charge on any atom is -0.378 e. The fourth-order valence-corrected chi connectivity index (χ4v) is 2.55. The highest BCUT2D eigenvalue weighted by Gasteiger charge is 2.00. The van der Waals surface area contributed by atoms with Gasteiger partial charge in [0.05, 0.1) is 6.54 Å². The molecule has 0 aliphatic rings. The lowest BCUT2D eigenvalue weighted by molar-refractivity contribution is 1.07. The molecule has 15 heavy (non-hydrogen) atoms. The SMILES string of the molecule is Cc1csc(CNc2ccccc2I)n1. The van der Waals surface area contributed by atoms with E-state index in [1.54, 1.807) is 11.3 Å². The first kappa shape index (κ1) is 10.9. The summed E-state index contributed by atoms with van der Waals surface area (Å²) in [5.74, 6) is 0. The van der Waals surface area contributed by atoms with Crippen LogP contribution in [0.4, 0.5) is 5.69 Å². The van der Waals surface area contributed by atoms with Gasteiger partial charge in [-0.1, -0.05) is 12.1 Å². The van der Waals surface area contributed by atoms with Gasteiger partial charge in [0.1, 0.15) is 5.01 Å². The Morgan fingerprint density at radius 2 is 2.20 bits per heavy atom. The number of hydrogen-bond acceptors (Lipinski definition) is 3. The Balaban J connectivity index is 2.02. The van der Waals surface area contributed by atoms with E-state index < -0.39 is 0 Å². The van der Waals surface area contributed by atoms with Crippen molar-refractivity contribution in [2.45, 2.75) is 13.5 Å². The smallest absolute Gasteiger partial charge is 0.112 e. The molecule has 0 unspecified atom stereocenters. The summed E-state index contributed by atoms with van der Waals surface area (Å²) in [5.41, 5.74) is 2.27. The van der Waals surface area contributed by atoms with E-state index in [1.165, 1.54) is 9.26 Å². The molecule has 1 aromatic carbocycles. The number of nitrogens with zero attached hydrogens (tertiary/aromatic N) is 1. The molecule has 0 saturated carbocycles. The Morgan fingerprint density at radius 1 is 1.40 bits per heavy atom. The number of aryl methyl sites for hydroxylation is 1. The summed E-state index contributed by atoms with van der Waals surface area (Å²) in [6.07, 6.45) is 0. The summed E-state index contributed by atoms with van der Waals surface area (Å²) in [6, 6.07) is 8.26. The van der Waals surface area contributed by atoms with Crippen LogP contribution in [0.5, 0.6) is 0 Å². The normalized spacial score (nSPS) is 10.3. The molecule has 0 radical (unpaired) electrons. The van der Waals surface area contributed by atoms with Gasteiger partial charge in [-0.15, -0.1) is 11.3 Å². The molecule has 1 aromatic heterocycles. The minimum atomic E-state index is 0.804. The number of aromatic nitrogens is 1. The first-order chi connectivity index (χ1) is 7.25. The van der Waals surface area contributed by atoms with Crippen molar-refractivity contribution in [3.63, 3.8) is 0 Å². The Hall–Kier alpha value is -0.620. The van der Waals surface area contributed by atoms with Crippen LogP contribution in [0.1, 0.15) is 10.7 Å². The number of halogens is 1. The summed E-state index contributed by atoms with van der Waals surface area (Å²) < 4.78 is 1.24. The molecule has 1 N–H and O–H groups in total. The molecule has 0 saturated heterocycles. The van der Waals surface area contributed by atoms with E-state index in [9.17, 15) is 0 Å². The highest BCUT2D eigenvalue weighted by molar-refractivity contribution is 14.1. The van der Waals surface area contributed by atoms with Crippen LogP contribution >= 0.6 is 33.9 Å². The zero-order valence-electron chi connectivity index (χ0n) is 8.33. The molecule has 2 nitrogen and oxygen atoms in total. The van der Waals surface area contributed by atoms with Crippen molar-refractivity contribution < 1.29 is 0 Å². The Morgan fingerprint density at radius 3 is 2.87 bits per heavy atom. The number of thiazole rings is 1. The van der Waals surface area contributed by atoms with Gasteiger partial charge in [0, 0.05) is 20.3 Å². The van der Waals surface area contributed by atoms with Crippen molar-refractivity contribution in [2.24, 2.45) is 0 Å². The lowest BCUT2D eigenvalue weighted by Crippen LogP contribution is -2.00. The van der Waals surface area contributed by atoms with Crippen molar-refractivity contribution in [1.29, 1.82) is 0 Å². The number of hydrogen-bond donors (Lipinski definition) is 1. The van der Waals surface area contributed by atoms with E-state index in [-0.39, 0.29) is 0 Å². The Kier molecular flexibility index (Phi) is 3.58. The molecule has 0 fully saturated rings. The third-order valence-electron chi connectivity index (χ3n) is 1.97. The Labute approximate surface area is 107 Å². The second-order valence-electron chi connectivity index (χ2n) is 3.22. The number of benzene rings is 1. The summed E-state index contributed by atoms with van der Waals surface area (Å²) in [7, 11) is 0. The van der Waals surface area contributed by atoms with Crippen LogP contribution in [-0.2, 0) is 6.54 Å². The molecular formula is C11H11IN2S. The summed E-state index contributed by atoms with van der Waals surface area (Å²) in [5, 5.41) is 6.59. The fraction of sp³-hybridized carbons (Fsp3) is 0.182. The average Bonchev–Trinajstić information content (AvgIpc) is 2.63. The van der Waals surface area contributed by atoms with Gasteiger partial charge in [0.2, 0.25) is 0 Å². The standard InChI is InChI=1S/C11H11IN2S/c1-8-7-15-11(14-8)6-13-10-5-3-2-4-9(10)12/h2-5,7,13H,6H2,1H3. The van der Waals surface area contributed by atoms with Gasteiger partial charge in [-0.2, -0.15) is 0 Å². The zero-order chi connectivity index (χ0) is 10.7. The van der Waals surface area contributed by atoms with Crippen molar-refractivity contribution in [3.8, 4) is 0 Å². The van der Waals surface area contributed by atoms with Crippen LogP contribution in [0.15, 0.2) is 29.6 Å². The molecule has 0 amide bonds. The molecule has 1 heterocycles. The molecule has 2 aromatic rings. The van der Waals surface area contributed by atoms with Crippen LogP contribution in [0.25, 0.3) is 0 Å². The molecule has 4 heteroatoms. The van der Waals surface area contributed by atoms with Crippen LogP contribution in [0, 0.1) is 10.5 Å². The maximum absolute atomic E-state index is 4.41. The Bertz CT molecular complexity index is 453. The van der Waals surface area contributed by atoms with Crippen molar-refractivity contribution in [3.05, 3.63) is 43.9 Å². The third-order valence-corrected chi connectivity index (χ3v) is 3.88. The van der Waals surface area contributed by atoms with E-state index >= 15 is 0 Å². The predicted octanol–water partition coefficient (Wildman–Crippen LogP) is 3.67. The van der Waals surface area contributed by atoms with Crippen LogP contribution in [0.3, 0.4) is 0 Å². The first-order valence-electron chi connectivity index (χ1n) is 4.65. The van der Waals surface area contributed by atoms with Crippen LogP contribution in [-0.4, -0.2) is 4.98 Å². The molecule has 0 spiro atoms. The predicted molar refractivity (Wildman–Crippen MR) is 73.3 cm³/mol. The minimum absolute atomic E-state index is 0.804. The van der Waals surface area contributed by atoms with Crippen LogP contribution < -0.4 is 5.32 Å². The van der Waals surface area contributed by atoms with Gasteiger partial charge in [-0.05, 0) is 41.6 Å². The number of rotatable bonds is 3. The van der Waals surface area contributed by atoms with E-state index in [1.807, 2.05) is 19.1 Å². The molecule has 78 valence electrons. The van der Waals surface area contributed by atoms with Crippen molar-refractivity contribution >= 4 is 39.6 Å².